The smallest absolute Gasteiger partial charge is 0.407 e. The first-order valence-electron chi connectivity index (χ1n) is 17.5. The second-order valence-electron chi connectivity index (χ2n) is 12.2. The lowest BCUT2D eigenvalue weighted by Crippen LogP contribution is -2.49. The summed E-state index contributed by atoms with van der Waals surface area (Å²) in [6.07, 6.45) is 24.4. The van der Waals surface area contributed by atoms with Crippen LogP contribution < -0.4 is 10.6 Å². The van der Waals surface area contributed by atoms with E-state index in [9.17, 15) is 9.59 Å². The van der Waals surface area contributed by atoms with Gasteiger partial charge in [-0.05, 0) is 38.5 Å². The molecule has 8 nitrogen and oxygen atoms in total. The highest BCUT2D eigenvalue weighted by atomic mass is 79.9. The first-order valence-corrected chi connectivity index (χ1v) is 18.6. The second kappa shape index (κ2) is 30.5. The third kappa shape index (κ3) is 24.1. The van der Waals surface area contributed by atoms with E-state index in [2.05, 4.69) is 34.1 Å². The number of hydrogen-bond donors (Lipinski definition) is 2. The van der Waals surface area contributed by atoms with Crippen molar-refractivity contribution >= 4 is 40.9 Å². The molecule has 1 heterocycles. The van der Waals surface area contributed by atoms with Crippen LogP contribution >= 0.6 is 28.7 Å². The topological polar surface area (TPSA) is 83.1 Å². The van der Waals surface area contributed by atoms with E-state index in [1.807, 2.05) is 25.6 Å². The van der Waals surface area contributed by atoms with E-state index in [0.29, 0.717) is 19.7 Å². The van der Waals surface area contributed by atoms with Gasteiger partial charge in [0.2, 0.25) is 0 Å². The molecular formula is C34H67BrN4O4S. The number of carbonyl (C=O) groups excluding carboxylic acids is 2. The minimum absolute atomic E-state index is 0. The fraction of sp³-hybridized carbons (Fsp3) is 0.882. The molecule has 0 radical (unpaired) electrons. The van der Waals surface area contributed by atoms with Crippen LogP contribution in [0.25, 0.3) is 0 Å². The Morgan fingerprint density at radius 1 is 0.864 bits per heavy atom. The maximum absolute atomic E-state index is 13.0. The molecule has 0 spiro atoms. The van der Waals surface area contributed by atoms with Gasteiger partial charge in [0.1, 0.15) is 6.10 Å². The van der Waals surface area contributed by atoms with Gasteiger partial charge in [-0.25, -0.2) is 9.59 Å². The lowest BCUT2D eigenvalue weighted by Gasteiger charge is -2.30. The van der Waals surface area contributed by atoms with Gasteiger partial charge in [-0.15, -0.1) is 28.7 Å². The Morgan fingerprint density at radius 3 is 1.93 bits per heavy atom. The number of rotatable bonds is 28. The predicted molar refractivity (Wildman–Crippen MR) is 193 cm³/mol. The van der Waals surface area contributed by atoms with Crippen LogP contribution in [-0.4, -0.2) is 79.8 Å². The summed E-state index contributed by atoms with van der Waals surface area (Å²) in [5, 5.41) is 7.70. The normalized spacial score (nSPS) is 13.2. The van der Waals surface area contributed by atoms with Crippen molar-refractivity contribution in [3.8, 4) is 0 Å². The van der Waals surface area contributed by atoms with E-state index >= 15 is 0 Å². The van der Waals surface area contributed by atoms with E-state index in [-0.39, 0.29) is 35.7 Å². The average Bonchev–Trinajstić information content (AvgIpc) is 3.52. The second-order valence-corrected chi connectivity index (χ2v) is 13.1. The summed E-state index contributed by atoms with van der Waals surface area (Å²) in [5.74, 6) is 1.02. The maximum Gasteiger partial charge on any atom is 0.407 e. The van der Waals surface area contributed by atoms with Gasteiger partial charge in [0.05, 0.1) is 19.0 Å². The standard InChI is InChI=1S/C34H66N4O4S.BrH/c1-5-6-7-8-9-10-11-12-13-14-15-16-17-18-19-20-23-36-33(39)38(31(2)3)28-32(42-34(40)35-4)29-41-26-22-21-24-37-25-27-43-30-37;/h25,27,31-32H,5-24,26,28-30H2,1-4H3,(H,35,40)(H,36,39);1H/t32-;/m0./s1. The molecule has 44 heavy (non-hydrogen) atoms. The summed E-state index contributed by atoms with van der Waals surface area (Å²) in [5.41, 5.74) is 0. The molecule has 0 bridgehead atoms. The summed E-state index contributed by atoms with van der Waals surface area (Å²) >= 11 is 1.81. The molecular weight excluding hydrogens is 640 g/mol. The number of urea groups is 1. The van der Waals surface area contributed by atoms with Crippen molar-refractivity contribution in [1.29, 1.82) is 0 Å². The van der Waals surface area contributed by atoms with Gasteiger partial charge >= 0.3 is 12.1 Å². The number of amides is 3. The van der Waals surface area contributed by atoms with Gasteiger partial charge in [-0.1, -0.05) is 103 Å². The number of halogens is 1. The lowest BCUT2D eigenvalue weighted by atomic mass is 10.0. The zero-order valence-electron chi connectivity index (χ0n) is 28.6. The number of alkyl carbamates (subject to hydrolysis) is 1. The highest BCUT2D eigenvalue weighted by Crippen LogP contribution is 2.16. The Labute approximate surface area is 285 Å². The molecule has 260 valence electrons. The zero-order valence-corrected chi connectivity index (χ0v) is 31.2. The van der Waals surface area contributed by atoms with Crippen molar-refractivity contribution in [2.45, 2.75) is 148 Å². The number of unbranched alkanes of at least 4 members (excludes halogenated alkanes) is 16. The number of hydrogen-bond acceptors (Lipinski definition) is 6. The Kier molecular flexibility index (Phi) is 29.7. The van der Waals surface area contributed by atoms with Crippen LogP contribution in [0.5, 0.6) is 0 Å². The van der Waals surface area contributed by atoms with Crippen LogP contribution in [0.3, 0.4) is 0 Å². The molecule has 0 saturated carbocycles. The predicted octanol–water partition coefficient (Wildman–Crippen LogP) is 9.24. The van der Waals surface area contributed by atoms with E-state index in [0.717, 1.165) is 38.1 Å². The third-order valence-electron chi connectivity index (χ3n) is 7.96. The van der Waals surface area contributed by atoms with Gasteiger partial charge in [0, 0.05) is 39.0 Å². The minimum Gasteiger partial charge on any atom is -0.442 e. The molecule has 0 aliphatic carbocycles. The number of ether oxygens (including phenoxy) is 2. The Balaban J connectivity index is 0.0000185. The lowest BCUT2D eigenvalue weighted by molar-refractivity contribution is 0.00405. The molecule has 2 N–H and O–H groups in total. The fourth-order valence-electron chi connectivity index (χ4n) is 5.24. The van der Waals surface area contributed by atoms with E-state index in [1.54, 1.807) is 4.90 Å². The number of carbonyl (C=O) groups is 2. The molecule has 0 aromatic rings. The SMILES string of the molecule is Br.CCCCCCCCCCCCCCCCCCNC(=O)N(C[C@@H](COCCCCN1C=CSC1)OC(=O)NC)C(C)C. The molecule has 10 heteroatoms. The summed E-state index contributed by atoms with van der Waals surface area (Å²) < 4.78 is 11.4. The first-order chi connectivity index (χ1) is 21.0. The molecule has 1 aliphatic heterocycles. The van der Waals surface area contributed by atoms with Gasteiger partial charge in [0.15, 0.2) is 0 Å². The monoisotopic (exact) mass is 706 g/mol. The number of nitrogens with one attached hydrogen (secondary N) is 2. The Hall–Kier alpha value is -1.13. The minimum atomic E-state index is -0.526. The van der Waals surface area contributed by atoms with Crippen molar-refractivity contribution < 1.29 is 19.1 Å². The average molecular weight is 708 g/mol. The van der Waals surface area contributed by atoms with Gasteiger partial charge in [-0.3, -0.25) is 0 Å². The molecule has 0 aromatic heterocycles. The van der Waals surface area contributed by atoms with Crippen molar-refractivity contribution in [2.75, 3.05) is 45.8 Å². The molecule has 1 aliphatic rings. The third-order valence-corrected chi connectivity index (χ3v) is 8.76. The molecule has 1 atom stereocenters. The van der Waals surface area contributed by atoms with Crippen LogP contribution in [0, 0.1) is 0 Å². The Morgan fingerprint density at radius 2 is 1.43 bits per heavy atom. The zero-order chi connectivity index (χ0) is 31.4. The van der Waals surface area contributed by atoms with Gasteiger partial charge < -0.3 is 29.9 Å². The van der Waals surface area contributed by atoms with Crippen molar-refractivity contribution in [1.82, 2.24) is 20.4 Å². The summed E-state index contributed by atoms with van der Waals surface area (Å²) in [7, 11) is 1.54. The van der Waals surface area contributed by atoms with Crippen molar-refractivity contribution in [2.24, 2.45) is 0 Å². The van der Waals surface area contributed by atoms with Crippen LogP contribution in [0.2, 0.25) is 0 Å². The van der Waals surface area contributed by atoms with Crippen molar-refractivity contribution in [3.63, 3.8) is 0 Å². The van der Waals surface area contributed by atoms with E-state index in [4.69, 9.17) is 9.47 Å². The van der Waals surface area contributed by atoms with Gasteiger partial charge in [-0.2, -0.15) is 0 Å². The quantitative estimate of drug-likeness (QED) is 0.0790. The van der Waals surface area contributed by atoms with Crippen LogP contribution in [0.4, 0.5) is 9.59 Å². The molecule has 0 unspecified atom stereocenters. The number of thioether (sulfide) groups is 1. The summed E-state index contributed by atoms with van der Waals surface area (Å²) in [6.45, 7) is 9.10. The number of nitrogens with zero attached hydrogens (tertiary/aromatic N) is 2. The van der Waals surface area contributed by atoms with Crippen LogP contribution in [-0.2, 0) is 9.47 Å². The van der Waals surface area contributed by atoms with Crippen LogP contribution in [0.15, 0.2) is 11.6 Å². The first kappa shape index (κ1) is 42.9. The molecule has 1 rings (SSSR count). The molecule has 0 fully saturated rings. The maximum atomic E-state index is 13.0. The molecule has 0 aromatic carbocycles. The summed E-state index contributed by atoms with van der Waals surface area (Å²) in [4.78, 5) is 29.0. The Bertz CT molecular complexity index is 717. The van der Waals surface area contributed by atoms with Gasteiger partial charge in [0.25, 0.3) is 0 Å². The molecule has 3 amide bonds. The van der Waals surface area contributed by atoms with Crippen LogP contribution in [0.1, 0.15) is 136 Å². The highest BCUT2D eigenvalue weighted by molar-refractivity contribution is 8.93. The molecule has 0 saturated heterocycles. The van der Waals surface area contributed by atoms with E-state index in [1.165, 1.54) is 96.9 Å². The fourth-order valence-corrected chi connectivity index (χ4v) is 5.99. The summed E-state index contributed by atoms with van der Waals surface area (Å²) in [6, 6.07) is -0.133. The highest BCUT2D eigenvalue weighted by Gasteiger charge is 2.24. The van der Waals surface area contributed by atoms with Crippen molar-refractivity contribution in [3.05, 3.63) is 11.6 Å². The van der Waals surface area contributed by atoms with E-state index < -0.39 is 12.2 Å². The largest absolute Gasteiger partial charge is 0.442 e.